The SMILES string of the molecule is CO[C@H]1CC[C@H](NC(=O)O[C@@H]2CCN(c3cn[nH]c(=O)c3Cl)C2)CC1. The molecule has 2 N–H and O–H groups in total. The zero-order chi connectivity index (χ0) is 17.8. The molecule has 1 aromatic heterocycles. The molecular formula is C16H23ClN4O4. The number of nitrogens with zero attached hydrogens (tertiary/aromatic N) is 2. The van der Waals surface area contributed by atoms with Crippen molar-refractivity contribution >= 4 is 23.4 Å². The van der Waals surface area contributed by atoms with Crippen molar-refractivity contribution in [3.63, 3.8) is 0 Å². The second-order valence-corrected chi connectivity index (χ2v) is 6.89. The first-order valence-corrected chi connectivity index (χ1v) is 8.92. The number of anilines is 1. The van der Waals surface area contributed by atoms with Gasteiger partial charge in [0.2, 0.25) is 0 Å². The Hall–Kier alpha value is -1.80. The Kier molecular flexibility index (Phi) is 5.80. The van der Waals surface area contributed by atoms with Crippen LogP contribution in [0.3, 0.4) is 0 Å². The maximum Gasteiger partial charge on any atom is 0.407 e. The summed E-state index contributed by atoms with van der Waals surface area (Å²) in [6, 6.07) is 0.141. The summed E-state index contributed by atoms with van der Waals surface area (Å²) >= 11 is 6.02. The smallest absolute Gasteiger partial charge is 0.407 e. The predicted molar refractivity (Wildman–Crippen MR) is 93.2 cm³/mol. The number of aromatic nitrogens is 2. The van der Waals surface area contributed by atoms with E-state index in [1.54, 1.807) is 7.11 Å². The number of carbonyl (C=O) groups excluding carboxylic acids is 1. The first-order valence-electron chi connectivity index (χ1n) is 8.55. The lowest BCUT2D eigenvalue weighted by molar-refractivity contribution is 0.0582. The second-order valence-electron chi connectivity index (χ2n) is 6.51. The van der Waals surface area contributed by atoms with E-state index in [0.29, 0.717) is 31.3 Å². The number of ether oxygens (including phenoxy) is 2. The largest absolute Gasteiger partial charge is 0.444 e. The van der Waals surface area contributed by atoms with Crippen LogP contribution >= 0.6 is 11.6 Å². The number of H-pyrrole nitrogens is 1. The molecule has 2 fully saturated rings. The third kappa shape index (κ3) is 4.43. The highest BCUT2D eigenvalue weighted by molar-refractivity contribution is 6.33. The maximum absolute atomic E-state index is 12.1. The van der Waals surface area contributed by atoms with Crippen molar-refractivity contribution in [2.45, 2.75) is 50.4 Å². The zero-order valence-electron chi connectivity index (χ0n) is 14.2. The Bertz CT molecular complexity index is 660. The molecule has 0 unspecified atom stereocenters. The maximum atomic E-state index is 12.1. The fraction of sp³-hybridized carbons (Fsp3) is 0.688. The zero-order valence-corrected chi connectivity index (χ0v) is 14.9. The van der Waals surface area contributed by atoms with E-state index in [-0.39, 0.29) is 23.3 Å². The Labute approximate surface area is 150 Å². The molecule has 1 saturated carbocycles. The molecule has 1 aliphatic carbocycles. The minimum absolute atomic E-state index is 0.106. The summed E-state index contributed by atoms with van der Waals surface area (Å²) in [7, 11) is 1.72. The summed E-state index contributed by atoms with van der Waals surface area (Å²) in [6.07, 6.45) is 5.59. The molecule has 1 atom stereocenters. The molecule has 8 nitrogen and oxygen atoms in total. The monoisotopic (exact) mass is 370 g/mol. The van der Waals surface area contributed by atoms with Crippen LogP contribution in [0.4, 0.5) is 10.5 Å². The van der Waals surface area contributed by atoms with E-state index in [1.165, 1.54) is 6.20 Å². The summed E-state index contributed by atoms with van der Waals surface area (Å²) < 4.78 is 10.9. The first kappa shape index (κ1) is 18.0. The number of rotatable bonds is 4. The van der Waals surface area contributed by atoms with Crippen LogP contribution in [0.5, 0.6) is 0 Å². The predicted octanol–water partition coefficient (Wildman–Crippen LogP) is 1.69. The Morgan fingerprint density at radius 3 is 2.80 bits per heavy atom. The van der Waals surface area contributed by atoms with E-state index < -0.39 is 5.56 Å². The number of halogens is 1. The molecule has 1 aromatic rings. The fourth-order valence-corrected chi connectivity index (χ4v) is 3.64. The topological polar surface area (TPSA) is 96.6 Å². The summed E-state index contributed by atoms with van der Waals surface area (Å²) in [4.78, 5) is 25.6. The van der Waals surface area contributed by atoms with Gasteiger partial charge in [-0.2, -0.15) is 5.10 Å². The minimum atomic E-state index is -0.423. The molecule has 0 bridgehead atoms. The van der Waals surface area contributed by atoms with E-state index in [9.17, 15) is 9.59 Å². The molecule has 0 radical (unpaired) electrons. The molecule has 1 aliphatic heterocycles. The number of amides is 1. The number of methoxy groups -OCH3 is 1. The van der Waals surface area contributed by atoms with Gasteiger partial charge in [-0.15, -0.1) is 0 Å². The van der Waals surface area contributed by atoms with Crippen LogP contribution in [0.1, 0.15) is 32.1 Å². The summed E-state index contributed by atoms with van der Waals surface area (Å²) in [5.74, 6) is 0. The van der Waals surface area contributed by atoms with Crippen molar-refractivity contribution in [1.82, 2.24) is 15.5 Å². The van der Waals surface area contributed by atoms with Crippen molar-refractivity contribution in [3.05, 3.63) is 21.6 Å². The number of alkyl carbamates (subject to hydrolysis) is 1. The van der Waals surface area contributed by atoms with Gasteiger partial charge < -0.3 is 19.7 Å². The van der Waals surface area contributed by atoms with E-state index in [4.69, 9.17) is 21.1 Å². The van der Waals surface area contributed by atoms with Crippen LogP contribution in [0.25, 0.3) is 0 Å². The van der Waals surface area contributed by atoms with Gasteiger partial charge in [0.05, 0.1) is 24.5 Å². The van der Waals surface area contributed by atoms with Gasteiger partial charge in [-0.25, -0.2) is 9.89 Å². The van der Waals surface area contributed by atoms with Crippen LogP contribution in [-0.4, -0.2) is 54.7 Å². The molecule has 9 heteroatoms. The lowest BCUT2D eigenvalue weighted by Gasteiger charge is -2.28. The van der Waals surface area contributed by atoms with Crippen molar-refractivity contribution in [3.8, 4) is 0 Å². The Morgan fingerprint density at radius 1 is 1.32 bits per heavy atom. The Morgan fingerprint density at radius 2 is 2.08 bits per heavy atom. The molecule has 2 heterocycles. The normalized spacial score (nSPS) is 26.5. The molecule has 2 aliphatic rings. The Balaban J connectivity index is 1.47. The average Bonchev–Trinajstić information content (AvgIpc) is 3.06. The van der Waals surface area contributed by atoms with E-state index in [1.807, 2.05) is 4.90 Å². The first-order chi connectivity index (χ1) is 12.1. The standard InChI is InChI=1S/C16H23ClN4O4/c1-24-11-4-2-10(3-5-11)19-16(23)25-12-6-7-21(9-12)13-8-18-20-15(22)14(13)17/h8,10-12H,2-7,9H2,1H3,(H,19,23)(H,20,22)/t10-,11-,12-/m1/s1. The summed E-state index contributed by atoms with van der Waals surface area (Å²) in [6.45, 7) is 1.15. The van der Waals surface area contributed by atoms with Gasteiger partial charge in [0.25, 0.3) is 5.56 Å². The lowest BCUT2D eigenvalue weighted by atomic mass is 9.93. The average molecular weight is 371 g/mol. The van der Waals surface area contributed by atoms with Crippen LogP contribution in [0.2, 0.25) is 5.02 Å². The molecule has 3 rings (SSSR count). The van der Waals surface area contributed by atoms with E-state index in [2.05, 4.69) is 15.5 Å². The molecule has 0 aromatic carbocycles. The van der Waals surface area contributed by atoms with Gasteiger partial charge in [-0.3, -0.25) is 4.79 Å². The third-order valence-electron chi connectivity index (χ3n) is 4.87. The van der Waals surface area contributed by atoms with E-state index in [0.717, 1.165) is 25.7 Å². The van der Waals surface area contributed by atoms with Crippen molar-refractivity contribution < 1.29 is 14.3 Å². The third-order valence-corrected chi connectivity index (χ3v) is 5.23. The highest BCUT2D eigenvalue weighted by atomic mass is 35.5. The van der Waals surface area contributed by atoms with Gasteiger partial charge >= 0.3 is 6.09 Å². The summed E-state index contributed by atoms with van der Waals surface area (Å²) in [5, 5.41) is 9.11. The second kappa shape index (κ2) is 8.05. The van der Waals surface area contributed by atoms with Crippen LogP contribution in [0.15, 0.2) is 11.0 Å². The van der Waals surface area contributed by atoms with E-state index >= 15 is 0 Å². The highest BCUT2D eigenvalue weighted by Gasteiger charge is 2.29. The molecule has 138 valence electrons. The molecular weight excluding hydrogens is 348 g/mol. The van der Waals surface area contributed by atoms with Crippen molar-refractivity contribution in [2.75, 3.05) is 25.1 Å². The minimum Gasteiger partial charge on any atom is -0.444 e. The molecule has 25 heavy (non-hydrogen) atoms. The summed E-state index contributed by atoms with van der Waals surface area (Å²) in [5.41, 5.74) is 0.141. The molecule has 0 spiro atoms. The number of aromatic amines is 1. The van der Waals surface area contributed by atoms with Crippen LogP contribution < -0.4 is 15.8 Å². The van der Waals surface area contributed by atoms with Crippen LogP contribution in [-0.2, 0) is 9.47 Å². The fourth-order valence-electron chi connectivity index (χ4n) is 3.43. The number of hydrogen-bond acceptors (Lipinski definition) is 6. The molecule has 1 saturated heterocycles. The highest BCUT2D eigenvalue weighted by Crippen LogP contribution is 2.26. The van der Waals surface area contributed by atoms with Gasteiger partial charge in [-0.1, -0.05) is 11.6 Å². The van der Waals surface area contributed by atoms with Crippen LogP contribution in [0, 0.1) is 0 Å². The number of hydrogen-bond donors (Lipinski definition) is 2. The number of carbonyl (C=O) groups is 1. The van der Waals surface area contributed by atoms with Crippen molar-refractivity contribution in [2.24, 2.45) is 0 Å². The van der Waals surface area contributed by atoms with Gasteiger partial charge in [-0.05, 0) is 25.7 Å². The van der Waals surface area contributed by atoms with Gasteiger partial charge in [0.15, 0.2) is 0 Å². The van der Waals surface area contributed by atoms with Gasteiger partial charge in [0.1, 0.15) is 11.1 Å². The quantitative estimate of drug-likeness (QED) is 0.837. The lowest BCUT2D eigenvalue weighted by Crippen LogP contribution is -2.40. The molecule has 1 amide bonds. The number of nitrogens with one attached hydrogen (secondary N) is 2. The van der Waals surface area contributed by atoms with Crippen molar-refractivity contribution in [1.29, 1.82) is 0 Å². The van der Waals surface area contributed by atoms with Gasteiger partial charge in [0, 0.05) is 26.1 Å².